The lowest BCUT2D eigenvalue weighted by Crippen LogP contribution is -2.45. The summed E-state index contributed by atoms with van der Waals surface area (Å²) in [5.74, 6) is 0.556. The van der Waals surface area contributed by atoms with Crippen LogP contribution in [0.3, 0.4) is 0 Å². The first kappa shape index (κ1) is 31.6. The Hall–Kier alpha value is -2.86. The van der Waals surface area contributed by atoms with E-state index in [1.54, 1.807) is 0 Å². The summed E-state index contributed by atoms with van der Waals surface area (Å²) in [6.07, 6.45) is 7.74. The zero-order chi connectivity index (χ0) is 30.1. The van der Waals surface area contributed by atoms with E-state index in [4.69, 9.17) is 11.6 Å². The summed E-state index contributed by atoms with van der Waals surface area (Å²) >= 11 is 6.09. The predicted octanol–water partition coefficient (Wildman–Crippen LogP) is 7.61. The van der Waals surface area contributed by atoms with Gasteiger partial charge in [-0.3, -0.25) is 0 Å². The van der Waals surface area contributed by atoms with E-state index in [0.717, 1.165) is 96.2 Å². The van der Waals surface area contributed by atoms with E-state index in [-0.39, 0.29) is 11.4 Å². The third-order valence-electron chi connectivity index (χ3n) is 9.86. The van der Waals surface area contributed by atoms with Crippen molar-refractivity contribution in [3.63, 3.8) is 0 Å². The third kappa shape index (κ3) is 7.81. The SMILES string of the molecule is CCCNC(=O)N1CCC(CC(CCCN2CCC(O)(c3ccc(Cl)cc3)CC2)(c2ccccc2)c2ccccc2)CC1. The van der Waals surface area contributed by atoms with Crippen molar-refractivity contribution in [1.29, 1.82) is 0 Å². The fourth-order valence-corrected chi connectivity index (χ4v) is 7.41. The van der Waals surface area contributed by atoms with E-state index in [1.165, 1.54) is 11.1 Å². The Balaban J connectivity index is 1.28. The molecule has 0 unspecified atom stereocenters. The predicted molar refractivity (Wildman–Crippen MR) is 177 cm³/mol. The molecule has 0 aliphatic carbocycles. The van der Waals surface area contributed by atoms with Crippen LogP contribution in [0.5, 0.6) is 0 Å². The molecule has 6 heteroatoms. The molecule has 3 aromatic carbocycles. The number of rotatable bonds is 11. The quantitative estimate of drug-likeness (QED) is 0.238. The number of amides is 2. The lowest BCUT2D eigenvalue weighted by molar-refractivity contribution is -0.0263. The van der Waals surface area contributed by atoms with Gasteiger partial charge in [-0.2, -0.15) is 0 Å². The Kier molecular flexibility index (Phi) is 10.8. The lowest BCUT2D eigenvalue weighted by Gasteiger charge is -2.42. The molecule has 2 aliphatic rings. The molecule has 2 amide bonds. The first-order valence-corrected chi connectivity index (χ1v) is 16.6. The van der Waals surface area contributed by atoms with Crippen LogP contribution in [0.4, 0.5) is 4.79 Å². The van der Waals surface area contributed by atoms with Gasteiger partial charge in [0.15, 0.2) is 0 Å². The second-order valence-electron chi connectivity index (χ2n) is 12.7. The number of carbonyl (C=O) groups is 1. The minimum atomic E-state index is -0.777. The van der Waals surface area contributed by atoms with Gasteiger partial charge < -0.3 is 20.2 Å². The highest BCUT2D eigenvalue weighted by Crippen LogP contribution is 2.44. The van der Waals surface area contributed by atoms with Gasteiger partial charge in [-0.15, -0.1) is 0 Å². The van der Waals surface area contributed by atoms with Crippen LogP contribution in [0.2, 0.25) is 5.02 Å². The lowest BCUT2D eigenvalue weighted by atomic mass is 9.65. The fourth-order valence-electron chi connectivity index (χ4n) is 7.28. The van der Waals surface area contributed by atoms with Crippen LogP contribution >= 0.6 is 11.6 Å². The number of piperidine rings is 2. The third-order valence-corrected chi connectivity index (χ3v) is 10.1. The van der Waals surface area contributed by atoms with Crippen molar-refractivity contribution in [2.45, 2.75) is 69.3 Å². The van der Waals surface area contributed by atoms with Gasteiger partial charge in [0.05, 0.1) is 5.60 Å². The van der Waals surface area contributed by atoms with Gasteiger partial charge in [0, 0.05) is 43.2 Å². The second-order valence-corrected chi connectivity index (χ2v) is 13.1. The molecule has 3 aromatic rings. The summed E-state index contributed by atoms with van der Waals surface area (Å²) < 4.78 is 0. The van der Waals surface area contributed by atoms with Crippen LogP contribution in [0, 0.1) is 5.92 Å². The number of urea groups is 1. The molecule has 2 N–H and O–H groups in total. The number of nitrogens with one attached hydrogen (secondary N) is 1. The van der Waals surface area contributed by atoms with E-state index in [0.29, 0.717) is 10.9 Å². The van der Waals surface area contributed by atoms with Gasteiger partial charge in [0.1, 0.15) is 0 Å². The fraction of sp³-hybridized carbons (Fsp3) is 0.486. The molecule has 5 rings (SSSR count). The van der Waals surface area contributed by atoms with Gasteiger partial charge in [-0.25, -0.2) is 4.79 Å². The first-order valence-electron chi connectivity index (χ1n) is 16.3. The molecular weight excluding hydrogens is 554 g/mol. The van der Waals surface area contributed by atoms with Gasteiger partial charge in [0.25, 0.3) is 0 Å². The second kappa shape index (κ2) is 14.7. The summed E-state index contributed by atoms with van der Waals surface area (Å²) in [5, 5.41) is 15.1. The maximum atomic E-state index is 12.6. The molecule has 0 bridgehead atoms. The average Bonchev–Trinajstić information content (AvgIpc) is 3.05. The van der Waals surface area contributed by atoms with Crippen molar-refractivity contribution in [1.82, 2.24) is 15.1 Å². The van der Waals surface area contributed by atoms with Gasteiger partial charge in [-0.1, -0.05) is 91.3 Å². The van der Waals surface area contributed by atoms with E-state index in [2.05, 4.69) is 77.8 Å². The Morgan fingerprint density at radius 3 is 2.05 bits per heavy atom. The number of carbonyl (C=O) groups excluding carboxylic acids is 1. The minimum absolute atomic E-state index is 0.0837. The highest BCUT2D eigenvalue weighted by atomic mass is 35.5. The molecular formula is C37H48ClN3O2. The standard InChI is InChI=1S/C37H48ClN3O2/c1-2-23-39-35(42)41-25-18-30(19-26-41)29-36(31-10-5-3-6-11-31,32-12-7-4-8-13-32)20-9-24-40-27-21-37(43,22-28-40)33-14-16-34(38)17-15-33/h3-8,10-17,30,43H,2,9,18-29H2,1H3,(H,39,42). The largest absolute Gasteiger partial charge is 0.385 e. The maximum absolute atomic E-state index is 12.6. The van der Waals surface area contributed by atoms with E-state index < -0.39 is 5.60 Å². The van der Waals surface area contributed by atoms with Gasteiger partial charge >= 0.3 is 6.03 Å². The Morgan fingerprint density at radius 2 is 1.49 bits per heavy atom. The Bertz CT molecular complexity index is 1230. The molecule has 0 atom stereocenters. The summed E-state index contributed by atoms with van der Waals surface area (Å²) in [6.45, 7) is 7.28. The van der Waals surface area contributed by atoms with Crippen molar-refractivity contribution in [2.75, 3.05) is 39.3 Å². The summed E-state index contributed by atoms with van der Waals surface area (Å²) in [6, 6.07) is 30.0. The van der Waals surface area contributed by atoms with Crippen LogP contribution < -0.4 is 5.32 Å². The van der Waals surface area contributed by atoms with Crippen molar-refractivity contribution in [2.24, 2.45) is 5.92 Å². The molecule has 5 nitrogen and oxygen atoms in total. The Labute approximate surface area is 263 Å². The van der Waals surface area contributed by atoms with E-state index in [1.807, 2.05) is 29.2 Å². The minimum Gasteiger partial charge on any atom is -0.385 e. The molecule has 0 spiro atoms. The average molecular weight is 602 g/mol. The van der Waals surface area contributed by atoms with Gasteiger partial charge in [0.2, 0.25) is 0 Å². The van der Waals surface area contributed by atoms with E-state index in [9.17, 15) is 9.90 Å². The number of halogens is 1. The topological polar surface area (TPSA) is 55.8 Å². The van der Waals surface area contributed by atoms with Crippen LogP contribution in [-0.4, -0.2) is 60.2 Å². The highest BCUT2D eigenvalue weighted by molar-refractivity contribution is 6.30. The zero-order valence-electron chi connectivity index (χ0n) is 25.7. The highest BCUT2D eigenvalue weighted by Gasteiger charge is 2.38. The molecule has 2 heterocycles. The summed E-state index contributed by atoms with van der Waals surface area (Å²) in [7, 11) is 0. The van der Waals surface area contributed by atoms with Gasteiger partial charge in [-0.05, 0) is 92.7 Å². The number of hydrogen-bond acceptors (Lipinski definition) is 3. The monoisotopic (exact) mass is 601 g/mol. The smallest absolute Gasteiger partial charge is 0.317 e. The molecule has 0 radical (unpaired) electrons. The van der Waals surface area contributed by atoms with Crippen LogP contribution in [0.15, 0.2) is 84.9 Å². The molecule has 2 aliphatic heterocycles. The first-order chi connectivity index (χ1) is 20.9. The van der Waals surface area contributed by atoms with Crippen LogP contribution in [0.1, 0.15) is 75.0 Å². The number of likely N-dealkylation sites (tertiary alicyclic amines) is 2. The number of hydrogen-bond donors (Lipinski definition) is 2. The molecule has 43 heavy (non-hydrogen) atoms. The summed E-state index contributed by atoms with van der Waals surface area (Å²) in [4.78, 5) is 17.1. The molecule has 230 valence electrons. The molecule has 2 saturated heterocycles. The Morgan fingerprint density at radius 1 is 0.907 bits per heavy atom. The normalized spacial score (nSPS) is 18.0. The van der Waals surface area contributed by atoms with Crippen molar-refractivity contribution in [3.05, 3.63) is 107 Å². The maximum Gasteiger partial charge on any atom is 0.317 e. The molecule has 0 saturated carbocycles. The molecule has 0 aromatic heterocycles. The summed E-state index contributed by atoms with van der Waals surface area (Å²) in [5.41, 5.74) is 2.89. The van der Waals surface area contributed by atoms with Crippen LogP contribution in [0.25, 0.3) is 0 Å². The number of nitrogens with zero attached hydrogens (tertiary/aromatic N) is 2. The molecule has 2 fully saturated rings. The number of benzene rings is 3. The van der Waals surface area contributed by atoms with E-state index >= 15 is 0 Å². The van der Waals surface area contributed by atoms with Crippen molar-refractivity contribution >= 4 is 17.6 Å². The zero-order valence-corrected chi connectivity index (χ0v) is 26.4. The number of aliphatic hydroxyl groups is 1. The van der Waals surface area contributed by atoms with Crippen molar-refractivity contribution < 1.29 is 9.90 Å². The van der Waals surface area contributed by atoms with Crippen molar-refractivity contribution in [3.8, 4) is 0 Å². The van der Waals surface area contributed by atoms with Crippen LogP contribution in [-0.2, 0) is 11.0 Å².